The lowest BCUT2D eigenvalue weighted by molar-refractivity contribution is -0.106. The fraction of sp³-hybridized carbons (Fsp3) is 0.150. The van der Waals surface area contributed by atoms with Crippen molar-refractivity contribution in [2.45, 2.75) is 6.18 Å². The molecule has 2 aromatic carbocycles. The molecule has 30 heavy (non-hydrogen) atoms. The zero-order valence-electron chi connectivity index (χ0n) is 15.7. The molecule has 0 saturated heterocycles. The highest BCUT2D eigenvalue weighted by Gasteiger charge is 2.35. The molecule has 1 aromatic heterocycles. The van der Waals surface area contributed by atoms with Gasteiger partial charge in [0, 0.05) is 36.1 Å². The van der Waals surface area contributed by atoms with E-state index in [1.165, 1.54) is 41.1 Å². The van der Waals surface area contributed by atoms with Crippen LogP contribution in [0.4, 0.5) is 18.9 Å². The van der Waals surface area contributed by atoms with Crippen LogP contribution in [0.1, 0.15) is 0 Å². The second-order valence-electron chi connectivity index (χ2n) is 6.47. The number of nitrogens with zero attached hydrogens (tertiary/aromatic N) is 1. The molecule has 0 spiro atoms. The summed E-state index contributed by atoms with van der Waals surface area (Å²) < 4.78 is 70.3. The average molecular weight is 438 g/mol. The lowest BCUT2D eigenvalue weighted by Crippen LogP contribution is -2.27. The number of aryl methyl sites for hydroxylation is 1. The van der Waals surface area contributed by atoms with Crippen molar-refractivity contribution >= 4 is 15.7 Å². The quantitative estimate of drug-likeness (QED) is 0.627. The van der Waals surface area contributed by atoms with Crippen molar-refractivity contribution in [1.82, 2.24) is 4.57 Å². The molecule has 1 N–H and O–H groups in total. The molecule has 0 saturated carbocycles. The van der Waals surface area contributed by atoms with Crippen LogP contribution in [0.25, 0.3) is 11.1 Å². The number of rotatable bonds is 6. The summed E-state index contributed by atoms with van der Waals surface area (Å²) in [6.45, 7) is 0. The van der Waals surface area contributed by atoms with Gasteiger partial charge in [-0.15, -0.1) is 0 Å². The number of aromatic nitrogens is 1. The number of halogens is 3. The number of sulfonamides is 1. The van der Waals surface area contributed by atoms with Gasteiger partial charge in [0.2, 0.25) is 15.6 Å². The monoisotopic (exact) mass is 438 g/mol. The molecular weight excluding hydrogens is 421 g/mol. The van der Waals surface area contributed by atoms with Crippen molar-refractivity contribution in [3.8, 4) is 22.6 Å². The summed E-state index contributed by atoms with van der Waals surface area (Å²) in [7, 11) is -3.11. The highest BCUT2D eigenvalue weighted by molar-refractivity contribution is 7.92. The fourth-order valence-corrected chi connectivity index (χ4v) is 3.70. The Hall–Kier alpha value is -3.27. The number of pyridine rings is 1. The molecule has 0 bridgehead atoms. The second-order valence-corrected chi connectivity index (χ2v) is 8.19. The van der Waals surface area contributed by atoms with Crippen molar-refractivity contribution in [3.05, 3.63) is 77.2 Å². The molecule has 0 aliphatic carbocycles. The minimum atomic E-state index is -4.87. The van der Waals surface area contributed by atoms with Crippen LogP contribution in [-0.4, -0.2) is 24.9 Å². The van der Waals surface area contributed by atoms with Crippen LogP contribution in [0.15, 0.2) is 71.7 Å². The molecule has 6 nitrogen and oxygen atoms in total. The Morgan fingerprint density at radius 3 is 2.37 bits per heavy atom. The predicted molar refractivity (Wildman–Crippen MR) is 107 cm³/mol. The molecule has 0 aliphatic rings. The Kier molecular flexibility index (Phi) is 5.88. The maximum absolute atomic E-state index is 12.5. The third-order valence-corrected chi connectivity index (χ3v) is 5.23. The summed E-state index contributed by atoms with van der Waals surface area (Å²) in [4.78, 5) is 11.7. The molecule has 3 rings (SSSR count). The van der Waals surface area contributed by atoms with Crippen LogP contribution in [0.5, 0.6) is 11.5 Å². The average Bonchev–Trinajstić information content (AvgIpc) is 2.64. The number of hydrogen-bond donors (Lipinski definition) is 1. The van der Waals surface area contributed by atoms with E-state index in [9.17, 15) is 26.4 Å². The van der Waals surface area contributed by atoms with E-state index in [1.54, 1.807) is 37.4 Å². The molecule has 0 radical (unpaired) electrons. The van der Waals surface area contributed by atoms with Crippen molar-refractivity contribution in [1.29, 1.82) is 0 Å². The smallest absolute Gasteiger partial charge is 0.404 e. The molecule has 0 amide bonds. The summed E-state index contributed by atoms with van der Waals surface area (Å²) in [5.74, 6) is -1.16. The summed E-state index contributed by atoms with van der Waals surface area (Å²) in [5.41, 5.74) is 0.580. The third kappa shape index (κ3) is 5.63. The van der Waals surface area contributed by atoms with Crippen LogP contribution in [0.2, 0.25) is 0 Å². The first kappa shape index (κ1) is 21.4. The molecule has 10 heteroatoms. The predicted octanol–water partition coefficient (Wildman–Crippen LogP) is 4.15. The molecule has 0 atom stereocenters. The van der Waals surface area contributed by atoms with Gasteiger partial charge in [0.25, 0.3) is 0 Å². The zero-order valence-corrected chi connectivity index (χ0v) is 16.5. The summed E-state index contributed by atoms with van der Waals surface area (Å²) >= 11 is 0. The Labute approximate surface area is 170 Å². The number of ether oxygens (including phenoxy) is 1. The minimum Gasteiger partial charge on any atom is -0.457 e. The van der Waals surface area contributed by atoms with Crippen molar-refractivity contribution in [3.63, 3.8) is 0 Å². The number of para-hydroxylation sites is 1. The van der Waals surface area contributed by atoms with Gasteiger partial charge in [-0.25, -0.2) is 8.42 Å². The molecule has 0 fully saturated rings. The van der Waals surface area contributed by atoms with E-state index in [1.807, 2.05) is 4.72 Å². The van der Waals surface area contributed by atoms with Crippen LogP contribution < -0.4 is 15.0 Å². The first-order chi connectivity index (χ1) is 14.0. The van der Waals surface area contributed by atoms with E-state index >= 15 is 0 Å². The van der Waals surface area contributed by atoms with Gasteiger partial charge in [-0.3, -0.25) is 9.52 Å². The van der Waals surface area contributed by atoms with Gasteiger partial charge in [0.05, 0.1) is 0 Å². The Bertz CT molecular complexity index is 1210. The van der Waals surface area contributed by atoms with E-state index in [2.05, 4.69) is 0 Å². The van der Waals surface area contributed by atoms with Gasteiger partial charge in [-0.2, -0.15) is 13.2 Å². The lowest BCUT2D eigenvalue weighted by Gasteiger charge is -2.15. The van der Waals surface area contributed by atoms with Crippen molar-refractivity contribution in [2.75, 3.05) is 10.5 Å². The molecule has 0 aliphatic heterocycles. The Morgan fingerprint density at radius 1 is 1.03 bits per heavy atom. The third-order valence-electron chi connectivity index (χ3n) is 3.97. The van der Waals surface area contributed by atoms with Gasteiger partial charge < -0.3 is 9.30 Å². The zero-order chi connectivity index (χ0) is 21.9. The van der Waals surface area contributed by atoms with Crippen LogP contribution >= 0.6 is 0 Å². The molecular formula is C20H17F3N2O4S. The van der Waals surface area contributed by atoms with Crippen LogP contribution in [0, 0.1) is 0 Å². The number of hydrogen-bond acceptors (Lipinski definition) is 4. The number of benzene rings is 2. The Morgan fingerprint density at radius 2 is 1.73 bits per heavy atom. The largest absolute Gasteiger partial charge is 0.457 e. The first-order valence-electron chi connectivity index (χ1n) is 8.64. The highest BCUT2D eigenvalue weighted by atomic mass is 32.2. The van der Waals surface area contributed by atoms with E-state index in [0.29, 0.717) is 22.6 Å². The molecule has 0 unspecified atom stereocenters. The van der Waals surface area contributed by atoms with Crippen molar-refractivity contribution in [2.24, 2.45) is 7.05 Å². The van der Waals surface area contributed by atoms with Gasteiger partial charge in [0.1, 0.15) is 11.5 Å². The minimum absolute atomic E-state index is 0.0662. The lowest BCUT2D eigenvalue weighted by atomic mass is 10.1. The standard InChI is InChI=1S/C20H17F3N2O4S/c1-25-12-14(7-10-19(25)26)17-11-15(24-30(27,28)13-20(21,22)23)8-9-18(17)29-16-5-3-2-4-6-16/h2-12,24H,13H2,1H3. The highest BCUT2D eigenvalue weighted by Crippen LogP contribution is 2.35. The number of nitrogens with one attached hydrogen (secondary N) is 1. The maximum atomic E-state index is 12.5. The van der Waals surface area contributed by atoms with E-state index in [-0.39, 0.29) is 11.2 Å². The van der Waals surface area contributed by atoms with Crippen molar-refractivity contribution < 1.29 is 26.3 Å². The van der Waals surface area contributed by atoms with E-state index < -0.39 is 22.0 Å². The molecule has 3 aromatic rings. The second kappa shape index (κ2) is 8.23. The van der Waals surface area contributed by atoms with E-state index in [4.69, 9.17) is 4.74 Å². The Balaban J connectivity index is 2.03. The normalized spacial score (nSPS) is 11.9. The maximum Gasteiger partial charge on any atom is 0.404 e. The number of anilines is 1. The summed E-state index contributed by atoms with van der Waals surface area (Å²) in [5, 5.41) is 0. The van der Waals surface area contributed by atoms with Crippen LogP contribution in [0.3, 0.4) is 0 Å². The van der Waals surface area contributed by atoms with Gasteiger partial charge in [0.15, 0.2) is 5.75 Å². The number of alkyl halides is 3. The van der Waals surface area contributed by atoms with Gasteiger partial charge in [-0.05, 0) is 36.4 Å². The van der Waals surface area contributed by atoms with Gasteiger partial charge in [-0.1, -0.05) is 18.2 Å². The molecule has 158 valence electrons. The fourth-order valence-electron chi connectivity index (χ4n) is 2.71. The topological polar surface area (TPSA) is 77.4 Å². The molecule has 1 heterocycles. The van der Waals surface area contributed by atoms with Crippen LogP contribution in [-0.2, 0) is 17.1 Å². The SMILES string of the molecule is Cn1cc(-c2cc(NS(=O)(=O)CC(F)(F)F)ccc2Oc2ccccc2)ccc1=O. The summed E-state index contributed by atoms with van der Waals surface area (Å²) in [6, 6.07) is 15.7. The summed E-state index contributed by atoms with van der Waals surface area (Å²) in [6.07, 6.45) is -3.35. The van der Waals surface area contributed by atoms with Gasteiger partial charge >= 0.3 is 6.18 Å². The first-order valence-corrected chi connectivity index (χ1v) is 10.3. The van der Waals surface area contributed by atoms with E-state index in [0.717, 1.165) is 0 Å².